The van der Waals surface area contributed by atoms with Gasteiger partial charge < -0.3 is 36.8 Å². The average molecular weight is 736 g/mol. The molecule has 6 unspecified atom stereocenters. The quantitative estimate of drug-likeness (QED) is 0.191. The zero-order valence-electron chi connectivity index (χ0n) is 32.3. The topological polar surface area (TPSA) is 154 Å². The largest absolute Gasteiger partial charge is 0.357 e. The minimum absolute atomic E-state index is 0.00170. The molecule has 0 saturated carbocycles. The molecule has 3 aliphatic heterocycles. The Bertz CT molecular complexity index is 1680. The molecule has 11 nitrogen and oxygen atoms in total. The Morgan fingerprint density at radius 1 is 0.593 bits per heavy atom. The molecule has 3 saturated heterocycles. The summed E-state index contributed by atoms with van der Waals surface area (Å²) in [6.07, 6.45) is 4.66. The Morgan fingerprint density at radius 3 is 1.35 bits per heavy atom. The van der Waals surface area contributed by atoms with Crippen molar-refractivity contribution in [1.82, 2.24) is 9.80 Å². The zero-order chi connectivity index (χ0) is 38.7. The lowest BCUT2D eigenvalue weighted by Gasteiger charge is -2.33. The summed E-state index contributed by atoms with van der Waals surface area (Å²) in [6, 6.07) is 22.6. The third kappa shape index (κ3) is 8.32. The molecule has 54 heavy (non-hydrogen) atoms. The van der Waals surface area contributed by atoms with Crippen LogP contribution in [0.25, 0.3) is 0 Å². The molecule has 0 aliphatic carbocycles. The van der Waals surface area contributed by atoms with Crippen molar-refractivity contribution in [2.45, 2.75) is 109 Å². The summed E-state index contributed by atoms with van der Waals surface area (Å²) in [5.74, 6) is -0.705. The van der Waals surface area contributed by atoms with Crippen LogP contribution in [0.3, 0.4) is 0 Å². The molecule has 3 heterocycles. The molecule has 6 atom stereocenters. The molecule has 3 aromatic carbocycles. The molecular weight excluding hydrogens is 679 g/mol. The van der Waals surface area contributed by atoms with E-state index in [0.717, 1.165) is 42.5 Å². The summed E-state index contributed by atoms with van der Waals surface area (Å²) >= 11 is 0. The maximum Gasteiger partial charge on any atom is 0.247 e. The summed E-state index contributed by atoms with van der Waals surface area (Å²) < 4.78 is 0. The number of nitrogens with one attached hydrogen (secondary N) is 2. The molecule has 0 radical (unpaired) electrons. The predicted molar refractivity (Wildman–Crippen MR) is 214 cm³/mol. The highest BCUT2D eigenvalue weighted by molar-refractivity contribution is 5.99. The number of benzene rings is 3. The van der Waals surface area contributed by atoms with Gasteiger partial charge in [-0.3, -0.25) is 19.2 Å². The molecular formula is C43H57N7O4. The van der Waals surface area contributed by atoms with E-state index >= 15 is 0 Å². The highest BCUT2D eigenvalue weighted by Crippen LogP contribution is 2.47. The van der Waals surface area contributed by atoms with E-state index in [2.05, 4.69) is 71.0 Å². The molecule has 3 fully saturated rings. The summed E-state index contributed by atoms with van der Waals surface area (Å²) in [4.78, 5) is 58.5. The van der Waals surface area contributed by atoms with Crippen molar-refractivity contribution in [3.8, 4) is 0 Å². The number of rotatable bonds is 11. The molecule has 6 N–H and O–H groups in total. The Labute approximate surface area is 319 Å². The van der Waals surface area contributed by atoms with E-state index in [0.29, 0.717) is 37.3 Å². The van der Waals surface area contributed by atoms with E-state index < -0.39 is 24.2 Å². The van der Waals surface area contributed by atoms with Crippen LogP contribution >= 0.6 is 0 Å². The fourth-order valence-corrected chi connectivity index (χ4v) is 8.13. The van der Waals surface area contributed by atoms with Gasteiger partial charge in [0.2, 0.25) is 23.6 Å². The Balaban J connectivity index is 1.15. The Morgan fingerprint density at radius 2 is 0.981 bits per heavy atom. The number of likely N-dealkylation sites (tertiary alicyclic amines) is 2. The first-order chi connectivity index (χ1) is 25.8. The standard InChI is InChI=1S/C43H57N7O4/c1-26(2)38(44)42(53)48-24-6-8-36(48)40(51)46-31-16-12-29(13-17-31)34-22-23-35(50(34)33-20-10-28(5)11-21-33)30-14-18-32(19-15-30)47-41(52)37-9-7-25-49(37)43(54)39(45)27(3)4/h10-21,26-27,34-39H,6-9,22-25,44-45H2,1-5H3,(H,46,51)(H,47,52). The first-order valence-corrected chi connectivity index (χ1v) is 19.6. The van der Waals surface area contributed by atoms with Gasteiger partial charge in [0, 0.05) is 30.2 Å². The second-order valence-corrected chi connectivity index (χ2v) is 16.0. The first kappa shape index (κ1) is 39.0. The van der Waals surface area contributed by atoms with Gasteiger partial charge in [0.15, 0.2) is 0 Å². The number of hydrogen-bond acceptors (Lipinski definition) is 7. The van der Waals surface area contributed by atoms with Crippen LogP contribution in [0.15, 0.2) is 72.8 Å². The Kier molecular flexibility index (Phi) is 12.1. The summed E-state index contributed by atoms with van der Waals surface area (Å²) in [6.45, 7) is 10.8. The molecule has 0 aromatic heterocycles. The average Bonchev–Trinajstić information content (AvgIpc) is 3.95. The Hall–Kier alpha value is -4.74. The van der Waals surface area contributed by atoms with Crippen molar-refractivity contribution in [3.63, 3.8) is 0 Å². The van der Waals surface area contributed by atoms with Crippen LogP contribution in [0.2, 0.25) is 0 Å². The van der Waals surface area contributed by atoms with Crippen LogP contribution in [-0.2, 0) is 19.2 Å². The fraction of sp³-hybridized carbons (Fsp3) is 0.488. The predicted octanol–water partition coefficient (Wildman–Crippen LogP) is 5.90. The molecule has 3 aromatic rings. The van der Waals surface area contributed by atoms with Crippen molar-refractivity contribution in [2.75, 3.05) is 28.6 Å². The van der Waals surface area contributed by atoms with Gasteiger partial charge in [0.25, 0.3) is 0 Å². The van der Waals surface area contributed by atoms with Crippen molar-refractivity contribution in [1.29, 1.82) is 0 Å². The fourth-order valence-electron chi connectivity index (χ4n) is 8.13. The first-order valence-electron chi connectivity index (χ1n) is 19.6. The van der Waals surface area contributed by atoms with Crippen molar-refractivity contribution in [3.05, 3.63) is 89.5 Å². The van der Waals surface area contributed by atoms with Gasteiger partial charge in [-0.2, -0.15) is 0 Å². The SMILES string of the molecule is Cc1ccc(N2C(c3ccc(NC(=O)C4CCCN4C(=O)C(N)C(C)C)cc3)CCC2c2ccc(NC(=O)C3CCCN3C(=O)C(N)C(C)C)cc2)cc1. The van der Waals surface area contributed by atoms with Gasteiger partial charge >= 0.3 is 0 Å². The monoisotopic (exact) mass is 735 g/mol. The highest BCUT2D eigenvalue weighted by atomic mass is 16.2. The number of carbonyl (C=O) groups is 4. The molecule has 4 amide bonds. The van der Waals surface area contributed by atoms with E-state index in [-0.39, 0.29) is 47.5 Å². The van der Waals surface area contributed by atoms with Gasteiger partial charge in [0.1, 0.15) is 12.1 Å². The number of amides is 4. The van der Waals surface area contributed by atoms with Crippen LogP contribution in [0.5, 0.6) is 0 Å². The van der Waals surface area contributed by atoms with Crippen LogP contribution < -0.4 is 27.0 Å². The van der Waals surface area contributed by atoms with Crippen molar-refractivity contribution >= 4 is 40.7 Å². The van der Waals surface area contributed by atoms with Crippen LogP contribution in [0, 0.1) is 18.8 Å². The highest BCUT2D eigenvalue weighted by Gasteiger charge is 2.39. The maximum atomic E-state index is 13.4. The number of anilines is 3. The van der Waals surface area contributed by atoms with Gasteiger partial charge in [-0.25, -0.2) is 0 Å². The molecule has 3 aliphatic rings. The third-order valence-corrected chi connectivity index (χ3v) is 11.5. The third-order valence-electron chi connectivity index (χ3n) is 11.5. The molecule has 288 valence electrons. The minimum atomic E-state index is -0.621. The van der Waals surface area contributed by atoms with Crippen LogP contribution in [0.4, 0.5) is 17.1 Å². The van der Waals surface area contributed by atoms with E-state index in [1.807, 2.05) is 52.0 Å². The molecule has 6 rings (SSSR count). The van der Waals surface area contributed by atoms with Gasteiger partial charge in [0.05, 0.1) is 24.2 Å². The number of aryl methyl sites for hydroxylation is 1. The smallest absolute Gasteiger partial charge is 0.247 e. The van der Waals surface area contributed by atoms with Gasteiger partial charge in [-0.1, -0.05) is 69.7 Å². The van der Waals surface area contributed by atoms with Crippen LogP contribution in [0.1, 0.15) is 95.0 Å². The number of nitrogens with zero attached hydrogens (tertiary/aromatic N) is 3. The lowest BCUT2D eigenvalue weighted by Crippen LogP contribution is -2.51. The van der Waals surface area contributed by atoms with Crippen LogP contribution in [-0.4, -0.2) is 70.7 Å². The number of carbonyl (C=O) groups excluding carboxylic acids is 4. The number of nitrogens with two attached hydrogens (primary N) is 2. The van der Waals surface area contributed by atoms with E-state index in [1.54, 1.807) is 9.80 Å². The lowest BCUT2D eigenvalue weighted by molar-refractivity contribution is -0.138. The van der Waals surface area contributed by atoms with E-state index in [4.69, 9.17) is 11.5 Å². The van der Waals surface area contributed by atoms with Crippen molar-refractivity contribution in [2.24, 2.45) is 23.3 Å². The zero-order valence-corrected chi connectivity index (χ0v) is 32.3. The maximum absolute atomic E-state index is 13.4. The second kappa shape index (κ2) is 16.7. The minimum Gasteiger partial charge on any atom is -0.357 e. The van der Waals surface area contributed by atoms with Gasteiger partial charge in [-0.05, 0) is 105 Å². The molecule has 0 spiro atoms. The van der Waals surface area contributed by atoms with Gasteiger partial charge in [-0.15, -0.1) is 0 Å². The summed E-state index contributed by atoms with van der Waals surface area (Å²) in [5, 5.41) is 6.10. The number of hydrogen-bond donors (Lipinski definition) is 4. The lowest BCUT2D eigenvalue weighted by atomic mass is 10.0. The summed E-state index contributed by atoms with van der Waals surface area (Å²) in [7, 11) is 0. The molecule has 0 bridgehead atoms. The summed E-state index contributed by atoms with van der Waals surface area (Å²) in [5.41, 5.74) is 18.3. The van der Waals surface area contributed by atoms with Crippen molar-refractivity contribution < 1.29 is 19.2 Å². The second-order valence-electron chi connectivity index (χ2n) is 16.0. The normalized spacial score (nSPS) is 22.5. The van der Waals surface area contributed by atoms with E-state index in [9.17, 15) is 19.2 Å². The molecule has 11 heteroatoms. The van der Waals surface area contributed by atoms with E-state index in [1.165, 1.54) is 5.56 Å².